The second-order valence-corrected chi connectivity index (χ2v) is 4.19. The predicted octanol–water partition coefficient (Wildman–Crippen LogP) is 3.80. The highest BCUT2D eigenvalue weighted by atomic mass is 79.9. The Morgan fingerprint density at radius 3 is 2.65 bits per heavy atom. The molecular weight excluding hydrogens is 292 g/mol. The lowest BCUT2D eigenvalue weighted by Crippen LogP contribution is -1.92. The molecule has 0 unspecified atom stereocenters. The maximum atomic E-state index is 13.3. The fraction of sp³-hybridized carbons (Fsp3) is 0.0833. The van der Waals surface area contributed by atoms with Crippen LogP contribution in [0.15, 0.2) is 34.9 Å². The minimum absolute atomic E-state index is 0.426. The van der Waals surface area contributed by atoms with Crippen LogP contribution < -0.4 is 4.74 Å². The van der Waals surface area contributed by atoms with Crippen molar-refractivity contribution < 1.29 is 13.5 Å². The molecule has 0 saturated heterocycles. The van der Waals surface area contributed by atoms with Crippen molar-refractivity contribution in [3.05, 3.63) is 46.7 Å². The van der Waals surface area contributed by atoms with E-state index < -0.39 is 11.8 Å². The lowest BCUT2D eigenvalue weighted by Gasteiger charge is -2.10. The molecule has 0 atom stereocenters. The molecule has 2 aromatic rings. The van der Waals surface area contributed by atoms with E-state index in [2.05, 4.69) is 20.9 Å². The van der Waals surface area contributed by atoms with Crippen molar-refractivity contribution in [2.45, 2.75) is 0 Å². The predicted molar refractivity (Wildman–Crippen MR) is 63.8 cm³/mol. The van der Waals surface area contributed by atoms with E-state index >= 15 is 0 Å². The molecule has 1 aromatic heterocycles. The van der Waals surface area contributed by atoms with E-state index in [1.165, 1.54) is 31.5 Å². The Morgan fingerprint density at radius 1 is 1.24 bits per heavy atom. The highest BCUT2D eigenvalue weighted by molar-refractivity contribution is 9.10. The van der Waals surface area contributed by atoms with E-state index in [1.807, 2.05) is 0 Å². The lowest BCUT2D eigenvalue weighted by molar-refractivity contribution is 0.412. The first-order chi connectivity index (χ1) is 8.11. The average Bonchev–Trinajstić information content (AvgIpc) is 2.28. The Balaban J connectivity index is 2.65. The van der Waals surface area contributed by atoms with Crippen LogP contribution in [0.3, 0.4) is 0 Å². The highest BCUT2D eigenvalue weighted by Crippen LogP contribution is 2.37. The summed E-state index contributed by atoms with van der Waals surface area (Å²) in [6, 6.07) is 5.40. The molecule has 0 aliphatic rings. The summed E-state index contributed by atoms with van der Waals surface area (Å²) in [4.78, 5) is 3.45. The number of nitrogens with zero attached hydrogens (tertiary/aromatic N) is 1. The van der Waals surface area contributed by atoms with Gasteiger partial charge >= 0.3 is 0 Å². The van der Waals surface area contributed by atoms with Gasteiger partial charge < -0.3 is 4.74 Å². The number of halogens is 3. The van der Waals surface area contributed by atoms with Crippen molar-refractivity contribution in [2.24, 2.45) is 0 Å². The van der Waals surface area contributed by atoms with Gasteiger partial charge in [0.05, 0.1) is 11.6 Å². The smallest absolute Gasteiger partial charge is 0.213 e. The molecule has 0 aliphatic carbocycles. The maximum absolute atomic E-state index is 13.3. The van der Waals surface area contributed by atoms with Crippen LogP contribution in [0.25, 0.3) is 11.1 Å². The Labute approximate surface area is 105 Å². The molecular formula is C12H8BrF2NO. The zero-order chi connectivity index (χ0) is 12.4. The zero-order valence-corrected chi connectivity index (χ0v) is 10.5. The van der Waals surface area contributed by atoms with Gasteiger partial charge in [-0.05, 0) is 39.7 Å². The Kier molecular flexibility index (Phi) is 3.38. The van der Waals surface area contributed by atoms with Crippen molar-refractivity contribution in [1.29, 1.82) is 0 Å². The summed E-state index contributed by atoms with van der Waals surface area (Å²) in [6.07, 6.45) is 1.32. The second-order valence-electron chi connectivity index (χ2n) is 3.34. The number of methoxy groups -OCH3 is 1. The maximum Gasteiger partial charge on any atom is 0.213 e. The Bertz CT molecular complexity index is 560. The summed E-state index contributed by atoms with van der Waals surface area (Å²) < 4.78 is 32.0. The minimum Gasteiger partial charge on any atom is -0.495 e. The van der Waals surface area contributed by atoms with Gasteiger partial charge in [-0.25, -0.2) is 9.37 Å². The van der Waals surface area contributed by atoms with Crippen LogP contribution >= 0.6 is 15.9 Å². The van der Waals surface area contributed by atoms with Gasteiger partial charge in [0, 0.05) is 17.8 Å². The third-order valence-electron chi connectivity index (χ3n) is 2.25. The van der Waals surface area contributed by atoms with Crippen LogP contribution in [0, 0.1) is 11.8 Å². The van der Waals surface area contributed by atoms with Crippen LogP contribution in [0.4, 0.5) is 8.78 Å². The van der Waals surface area contributed by atoms with Gasteiger partial charge in [0.1, 0.15) is 11.6 Å². The third kappa shape index (κ3) is 2.44. The van der Waals surface area contributed by atoms with Crippen molar-refractivity contribution in [3.63, 3.8) is 0 Å². The molecule has 0 saturated carbocycles. The molecule has 5 heteroatoms. The summed E-state index contributed by atoms with van der Waals surface area (Å²) in [5.74, 6) is -0.591. The number of pyridine rings is 1. The summed E-state index contributed by atoms with van der Waals surface area (Å²) in [5.41, 5.74) is 0.982. The van der Waals surface area contributed by atoms with E-state index in [9.17, 15) is 8.78 Å². The van der Waals surface area contributed by atoms with Crippen LogP contribution in [-0.4, -0.2) is 12.1 Å². The van der Waals surface area contributed by atoms with E-state index in [0.717, 1.165) is 0 Å². The number of ether oxygens (including phenoxy) is 1. The molecule has 0 bridgehead atoms. The summed E-state index contributed by atoms with van der Waals surface area (Å²) in [5, 5.41) is 0. The van der Waals surface area contributed by atoms with E-state index in [0.29, 0.717) is 21.3 Å². The van der Waals surface area contributed by atoms with Gasteiger partial charge in [-0.15, -0.1) is 0 Å². The largest absolute Gasteiger partial charge is 0.495 e. The first-order valence-corrected chi connectivity index (χ1v) is 5.56. The number of hydrogen-bond donors (Lipinski definition) is 0. The Morgan fingerprint density at radius 2 is 2.00 bits per heavy atom. The lowest BCUT2D eigenvalue weighted by atomic mass is 10.1. The zero-order valence-electron chi connectivity index (χ0n) is 8.88. The molecule has 1 heterocycles. The van der Waals surface area contributed by atoms with Gasteiger partial charge in [0.2, 0.25) is 5.95 Å². The summed E-state index contributed by atoms with van der Waals surface area (Å²) in [7, 11) is 1.47. The first kappa shape index (κ1) is 12.0. The molecule has 2 nitrogen and oxygen atoms in total. The van der Waals surface area contributed by atoms with Gasteiger partial charge in [-0.3, -0.25) is 0 Å². The molecule has 1 aromatic carbocycles. The summed E-state index contributed by atoms with van der Waals surface area (Å²) in [6.45, 7) is 0. The number of benzene rings is 1. The first-order valence-electron chi connectivity index (χ1n) is 4.77. The number of rotatable bonds is 2. The quantitative estimate of drug-likeness (QED) is 0.787. The van der Waals surface area contributed by atoms with Crippen molar-refractivity contribution in [2.75, 3.05) is 7.11 Å². The van der Waals surface area contributed by atoms with Crippen molar-refractivity contribution in [3.8, 4) is 16.9 Å². The van der Waals surface area contributed by atoms with E-state index in [4.69, 9.17) is 4.74 Å². The van der Waals surface area contributed by atoms with Crippen LogP contribution in [-0.2, 0) is 0 Å². The van der Waals surface area contributed by atoms with E-state index in [-0.39, 0.29) is 0 Å². The molecule has 0 N–H and O–H groups in total. The molecule has 0 amide bonds. The van der Waals surface area contributed by atoms with Gasteiger partial charge in [0.25, 0.3) is 0 Å². The van der Waals surface area contributed by atoms with Crippen LogP contribution in [0.1, 0.15) is 0 Å². The normalized spacial score (nSPS) is 10.4. The molecule has 2 rings (SSSR count). The topological polar surface area (TPSA) is 22.1 Å². The van der Waals surface area contributed by atoms with Gasteiger partial charge in [0.15, 0.2) is 0 Å². The molecule has 0 fully saturated rings. The van der Waals surface area contributed by atoms with Gasteiger partial charge in [-0.1, -0.05) is 0 Å². The number of hydrogen-bond acceptors (Lipinski definition) is 2. The van der Waals surface area contributed by atoms with Crippen LogP contribution in [0.5, 0.6) is 5.75 Å². The van der Waals surface area contributed by atoms with E-state index in [1.54, 1.807) is 6.07 Å². The third-order valence-corrected chi connectivity index (χ3v) is 2.84. The monoisotopic (exact) mass is 299 g/mol. The summed E-state index contributed by atoms with van der Waals surface area (Å²) >= 11 is 3.20. The molecule has 0 radical (unpaired) electrons. The van der Waals surface area contributed by atoms with Crippen LogP contribution in [0.2, 0.25) is 0 Å². The Hall–Kier alpha value is -1.49. The number of aromatic nitrogens is 1. The van der Waals surface area contributed by atoms with Crippen molar-refractivity contribution >= 4 is 15.9 Å². The fourth-order valence-corrected chi connectivity index (χ4v) is 2.15. The second kappa shape index (κ2) is 4.79. The van der Waals surface area contributed by atoms with Gasteiger partial charge in [-0.2, -0.15) is 4.39 Å². The molecule has 0 spiro atoms. The molecule has 0 aliphatic heterocycles. The molecule has 17 heavy (non-hydrogen) atoms. The van der Waals surface area contributed by atoms with Crippen molar-refractivity contribution in [1.82, 2.24) is 4.98 Å². The average molecular weight is 300 g/mol. The minimum atomic E-state index is -0.620. The SMILES string of the molecule is COc1c(Br)cc(F)cc1-c1ccnc(F)c1. The standard InChI is InChI=1S/C12H8BrF2NO/c1-17-12-9(5-8(14)6-10(12)13)7-2-3-16-11(15)4-7/h2-6H,1H3. The fourth-order valence-electron chi connectivity index (χ4n) is 1.55. The molecule has 88 valence electrons. The highest BCUT2D eigenvalue weighted by Gasteiger charge is 2.12.